The molecule has 0 amide bonds. The summed E-state index contributed by atoms with van der Waals surface area (Å²) in [6.45, 7) is 24.6. The van der Waals surface area contributed by atoms with Gasteiger partial charge in [-0.05, 0) is 55.4 Å². The predicted octanol–water partition coefficient (Wildman–Crippen LogP) is 4.25. The number of benzene rings is 1. The van der Waals surface area contributed by atoms with E-state index in [0.717, 1.165) is 43.9 Å². The van der Waals surface area contributed by atoms with Crippen LogP contribution in [0.2, 0.25) is 0 Å². The first-order valence-corrected chi connectivity index (χ1v) is 16.9. The Bertz CT molecular complexity index is 855. The zero-order chi connectivity index (χ0) is 33.1. The van der Waals surface area contributed by atoms with Crippen molar-refractivity contribution in [3.8, 4) is 0 Å². The van der Waals surface area contributed by atoms with E-state index in [-0.39, 0.29) is 42.7 Å². The van der Waals surface area contributed by atoms with E-state index in [1.165, 1.54) is 5.56 Å². The van der Waals surface area contributed by atoms with Gasteiger partial charge in [0.1, 0.15) is 32.3 Å². The van der Waals surface area contributed by atoms with Gasteiger partial charge >= 0.3 is 0 Å². The average molecular weight is 643 g/mol. The van der Waals surface area contributed by atoms with Gasteiger partial charge in [0.2, 0.25) is 0 Å². The van der Waals surface area contributed by atoms with Crippen LogP contribution in [-0.4, -0.2) is 138 Å². The molecule has 10 heteroatoms. The summed E-state index contributed by atoms with van der Waals surface area (Å²) in [7, 11) is 0. The third-order valence-corrected chi connectivity index (χ3v) is 7.74. The summed E-state index contributed by atoms with van der Waals surface area (Å²) in [6.07, 6.45) is -0.709. The highest BCUT2D eigenvalue weighted by Gasteiger charge is 2.33. The van der Waals surface area contributed by atoms with Gasteiger partial charge in [-0.15, -0.1) is 0 Å². The molecule has 10 nitrogen and oxygen atoms in total. The topological polar surface area (TPSA) is 94.1 Å². The molecule has 1 saturated heterocycles. The minimum atomic E-state index is -0.479. The first kappa shape index (κ1) is 40.0. The van der Waals surface area contributed by atoms with E-state index < -0.39 is 6.10 Å². The molecule has 45 heavy (non-hydrogen) atoms. The van der Waals surface area contributed by atoms with Gasteiger partial charge < -0.3 is 47.5 Å². The van der Waals surface area contributed by atoms with Gasteiger partial charge in [-0.2, -0.15) is 0 Å². The van der Waals surface area contributed by atoms with E-state index in [2.05, 4.69) is 37.3 Å². The first-order chi connectivity index (χ1) is 21.5. The predicted molar refractivity (Wildman–Crippen MR) is 175 cm³/mol. The zero-order valence-corrected chi connectivity index (χ0v) is 29.4. The van der Waals surface area contributed by atoms with Gasteiger partial charge in [0.05, 0.1) is 102 Å². The number of aliphatic hydroxyl groups excluding tert-OH is 1. The van der Waals surface area contributed by atoms with Gasteiger partial charge in [0.15, 0.2) is 0 Å². The molecule has 0 bridgehead atoms. The van der Waals surface area contributed by atoms with Crippen molar-refractivity contribution >= 4 is 0 Å². The van der Waals surface area contributed by atoms with Crippen LogP contribution in [0, 0.1) is 0 Å². The normalized spacial score (nSPS) is 20.6. The van der Waals surface area contributed by atoms with E-state index >= 15 is 0 Å². The Morgan fingerprint density at radius 3 is 1.29 bits per heavy atom. The van der Waals surface area contributed by atoms with Gasteiger partial charge in [-0.3, -0.25) is 0 Å². The monoisotopic (exact) mass is 642 g/mol. The lowest BCUT2D eigenvalue weighted by Crippen LogP contribution is -2.57. The molecular weight excluding hydrogens is 578 g/mol. The van der Waals surface area contributed by atoms with E-state index in [0.29, 0.717) is 46.2 Å². The molecule has 262 valence electrons. The molecule has 0 unspecified atom stereocenters. The maximum Gasteiger partial charge on any atom is 0.105 e. The number of hydrogen-bond donors (Lipinski definition) is 1. The summed E-state index contributed by atoms with van der Waals surface area (Å²) in [5.41, 5.74) is 1.36. The number of hydrogen-bond acceptors (Lipinski definition) is 9. The van der Waals surface area contributed by atoms with Crippen LogP contribution in [0.5, 0.6) is 0 Å². The average Bonchev–Trinajstić information content (AvgIpc) is 3.02. The van der Waals surface area contributed by atoms with Crippen LogP contribution in [-0.2, 0) is 44.4 Å². The van der Waals surface area contributed by atoms with E-state index in [1.54, 1.807) is 6.92 Å². The highest BCUT2D eigenvalue weighted by atomic mass is 16.6. The van der Waals surface area contributed by atoms with Crippen molar-refractivity contribution in [3.63, 3.8) is 0 Å². The Kier molecular flexibility index (Phi) is 19.9. The Morgan fingerprint density at radius 2 is 0.911 bits per heavy atom. The molecule has 1 aromatic rings. The third kappa shape index (κ3) is 18.7. The smallest absolute Gasteiger partial charge is 0.105 e. The van der Waals surface area contributed by atoms with Gasteiger partial charge in [0, 0.05) is 5.56 Å². The Labute approximate surface area is 273 Å². The second kappa shape index (κ2) is 22.4. The molecule has 1 N–H and O–H groups in total. The standard InChI is InChI=1S/C35H64NO9/c1-27(37)20-39-29(3)22-41-31(5)24-43-33(7)26-45-34(8)25-44-32(6)23-42-30(4)21-40-28(2)18-36(14-16-38-17-15-36)19-35-12-10-9-11-13-35/h9-13,27-34,37H,14-26H2,1-8H3/q+1/t27-,28-,29-,30-,31-,32-,33-,34-/m1/s1. The van der Waals surface area contributed by atoms with Gasteiger partial charge in [0.25, 0.3) is 0 Å². The fourth-order valence-corrected chi connectivity index (χ4v) is 5.10. The lowest BCUT2D eigenvalue weighted by Gasteiger charge is -2.43. The van der Waals surface area contributed by atoms with Gasteiger partial charge in [-0.1, -0.05) is 30.3 Å². The van der Waals surface area contributed by atoms with Crippen LogP contribution in [0.15, 0.2) is 30.3 Å². The van der Waals surface area contributed by atoms with Crippen LogP contribution in [0.25, 0.3) is 0 Å². The Balaban J connectivity index is 1.55. The number of ether oxygens (including phenoxy) is 8. The molecule has 0 saturated carbocycles. The molecule has 1 fully saturated rings. The molecular formula is C35H64NO9+. The van der Waals surface area contributed by atoms with Crippen LogP contribution in [0.3, 0.4) is 0 Å². The van der Waals surface area contributed by atoms with Gasteiger partial charge in [-0.25, -0.2) is 0 Å². The number of nitrogens with zero attached hydrogens (tertiary/aromatic N) is 1. The molecule has 1 aliphatic rings. The lowest BCUT2D eigenvalue weighted by atomic mass is 10.1. The molecule has 0 aromatic heterocycles. The van der Waals surface area contributed by atoms with Crippen molar-refractivity contribution in [3.05, 3.63) is 35.9 Å². The van der Waals surface area contributed by atoms with Crippen molar-refractivity contribution in [2.45, 2.75) is 111 Å². The minimum absolute atomic E-state index is 0.0243. The molecule has 8 atom stereocenters. The zero-order valence-electron chi connectivity index (χ0n) is 29.4. The summed E-state index contributed by atoms with van der Waals surface area (Å²) in [6, 6.07) is 10.7. The highest BCUT2D eigenvalue weighted by Crippen LogP contribution is 2.19. The molecule has 2 rings (SSSR count). The van der Waals surface area contributed by atoms with Crippen LogP contribution in [0.4, 0.5) is 0 Å². The van der Waals surface area contributed by atoms with Crippen molar-refractivity contribution < 1.29 is 47.5 Å². The quantitative estimate of drug-likeness (QED) is 0.157. The van der Waals surface area contributed by atoms with Crippen molar-refractivity contribution in [1.29, 1.82) is 0 Å². The fraction of sp³-hybridized carbons (Fsp3) is 0.829. The maximum atomic E-state index is 9.31. The van der Waals surface area contributed by atoms with Crippen molar-refractivity contribution in [1.82, 2.24) is 0 Å². The second-order valence-corrected chi connectivity index (χ2v) is 13.1. The number of morpholine rings is 1. The van der Waals surface area contributed by atoms with E-state index in [9.17, 15) is 5.11 Å². The van der Waals surface area contributed by atoms with Crippen molar-refractivity contribution in [2.75, 3.05) is 79.1 Å². The summed E-state index contributed by atoms with van der Waals surface area (Å²) < 4.78 is 48.0. The second-order valence-electron chi connectivity index (χ2n) is 13.1. The molecule has 1 heterocycles. The minimum Gasteiger partial charge on any atom is -0.391 e. The molecule has 1 aliphatic heterocycles. The Hall–Kier alpha value is -1.18. The summed E-state index contributed by atoms with van der Waals surface area (Å²) >= 11 is 0. The number of aliphatic hydroxyl groups is 1. The van der Waals surface area contributed by atoms with Crippen LogP contribution < -0.4 is 0 Å². The number of rotatable bonds is 25. The highest BCUT2D eigenvalue weighted by molar-refractivity contribution is 5.13. The van der Waals surface area contributed by atoms with E-state index in [1.807, 2.05) is 41.5 Å². The maximum absolute atomic E-state index is 9.31. The molecule has 1 aromatic carbocycles. The van der Waals surface area contributed by atoms with Crippen LogP contribution in [0.1, 0.15) is 61.0 Å². The summed E-state index contributed by atoms with van der Waals surface area (Å²) in [4.78, 5) is 0. The molecule has 0 radical (unpaired) electrons. The largest absolute Gasteiger partial charge is 0.391 e. The van der Waals surface area contributed by atoms with E-state index in [4.69, 9.17) is 37.9 Å². The van der Waals surface area contributed by atoms with Crippen LogP contribution >= 0.6 is 0 Å². The lowest BCUT2D eigenvalue weighted by molar-refractivity contribution is -0.950. The SMILES string of the molecule is C[C@H](CO[C@H](C)CO[C@H](C)CO[C@H](C)C[N+]1(Cc2ccccc2)CCOCC1)OC[C@@H](C)OC[C@@H](C)OC[C@@H](C)OC[C@@H](C)O. The summed E-state index contributed by atoms with van der Waals surface area (Å²) in [5.74, 6) is 0. The molecule has 0 spiro atoms. The van der Waals surface area contributed by atoms with Crippen molar-refractivity contribution in [2.24, 2.45) is 0 Å². The Morgan fingerprint density at radius 1 is 0.556 bits per heavy atom. The molecule has 0 aliphatic carbocycles. The first-order valence-electron chi connectivity index (χ1n) is 16.9. The third-order valence-electron chi connectivity index (χ3n) is 7.74. The fourth-order valence-electron chi connectivity index (χ4n) is 5.10. The number of quaternary nitrogens is 1. The summed E-state index contributed by atoms with van der Waals surface area (Å²) in [5, 5.41) is 9.31.